The highest BCUT2D eigenvalue weighted by Gasteiger charge is 2.07. The molecule has 19 heavy (non-hydrogen) atoms. The highest BCUT2D eigenvalue weighted by molar-refractivity contribution is 7.80. The van der Waals surface area contributed by atoms with Crippen LogP contribution in [0.2, 0.25) is 0 Å². The Balaban J connectivity index is 1.96. The first-order valence-corrected chi connectivity index (χ1v) is 6.23. The fourth-order valence-corrected chi connectivity index (χ4v) is 1.81. The van der Waals surface area contributed by atoms with Gasteiger partial charge in [0.2, 0.25) is 0 Å². The van der Waals surface area contributed by atoms with E-state index in [9.17, 15) is 4.79 Å². The second-order valence-corrected chi connectivity index (χ2v) is 4.49. The topological polar surface area (TPSA) is 35.5 Å². The van der Waals surface area contributed by atoms with Gasteiger partial charge in [0.05, 0.1) is 12.7 Å². The molecule has 0 aliphatic heterocycles. The van der Waals surface area contributed by atoms with Crippen molar-refractivity contribution in [1.29, 1.82) is 0 Å². The SMILES string of the molecule is COc1ccc(COC(=O)c2cccc(S)c2)cc1. The lowest BCUT2D eigenvalue weighted by Crippen LogP contribution is -2.05. The summed E-state index contributed by atoms with van der Waals surface area (Å²) in [5, 5.41) is 0. The Kier molecular flexibility index (Phi) is 4.47. The van der Waals surface area contributed by atoms with E-state index in [-0.39, 0.29) is 12.6 Å². The first-order chi connectivity index (χ1) is 9.19. The van der Waals surface area contributed by atoms with Crippen LogP contribution >= 0.6 is 12.6 Å². The van der Waals surface area contributed by atoms with E-state index < -0.39 is 0 Å². The predicted molar refractivity (Wildman–Crippen MR) is 75.8 cm³/mol. The number of methoxy groups -OCH3 is 1. The molecule has 0 atom stereocenters. The molecule has 0 amide bonds. The third kappa shape index (κ3) is 3.76. The second kappa shape index (κ2) is 6.29. The molecule has 0 radical (unpaired) electrons. The van der Waals surface area contributed by atoms with Gasteiger partial charge in [0.1, 0.15) is 12.4 Å². The maximum absolute atomic E-state index is 11.8. The largest absolute Gasteiger partial charge is 0.497 e. The minimum absolute atomic E-state index is 0.236. The Hall–Kier alpha value is -1.94. The highest BCUT2D eigenvalue weighted by atomic mass is 32.1. The maximum atomic E-state index is 11.8. The van der Waals surface area contributed by atoms with Crippen LogP contribution in [0.1, 0.15) is 15.9 Å². The first kappa shape index (κ1) is 13.5. The van der Waals surface area contributed by atoms with Gasteiger partial charge in [-0.15, -0.1) is 12.6 Å². The van der Waals surface area contributed by atoms with E-state index in [0.717, 1.165) is 16.2 Å². The third-order valence-electron chi connectivity index (χ3n) is 2.61. The molecule has 0 bridgehead atoms. The van der Waals surface area contributed by atoms with Crippen molar-refractivity contribution in [2.45, 2.75) is 11.5 Å². The number of carbonyl (C=O) groups is 1. The van der Waals surface area contributed by atoms with Gasteiger partial charge in [-0.05, 0) is 35.9 Å². The fraction of sp³-hybridized carbons (Fsp3) is 0.133. The average molecular weight is 274 g/mol. The Bertz CT molecular complexity index is 564. The van der Waals surface area contributed by atoms with E-state index in [0.29, 0.717) is 5.56 Å². The van der Waals surface area contributed by atoms with Crippen LogP contribution in [-0.4, -0.2) is 13.1 Å². The summed E-state index contributed by atoms with van der Waals surface area (Å²) in [4.78, 5) is 12.5. The average Bonchev–Trinajstić information content (AvgIpc) is 2.45. The number of ether oxygens (including phenoxy) is 2. The lowest BCUT2D eigenvalue weighted by Gasteiger charge is -2.06. The molecular weight excluding hydrogens is 260 g/mol. The van der Waals surface area contributed by atoms with Crippen molar-refractivity contribution in [3.05, 3.63) is 59.7 Å². The molecule has 2 aromatic carbocycles. The number of benzene rings is 2. The van der Waals surface area contributed by atoms with Crippen molar-refractivity contribution in [3.8, 4) is 5.75 Å². The molecule has 0 N–H and O–H groups in total. The van der Waals surface area contributed by atoms with Crippen molar-refractivity contribution < 1.29 is 14.3 Å². The molecule has 0 heterocycles. The zero-order valence-electron chi connectivity index (χ0n) is 10.5. The highest BCUT2D eigenvalue weighted by Crippen LogP contribution is 2.14. The Morgan fingerprint density at radius 3 is 2.53 bits per heavy atom. The molecule has 0 aliphatic rings. The molecule has 0 aromatic heterocycles. The van der Waals surface area contributed by atoms with Gasteiger partial charge in [0.25, 0.3) is 0 Å². The molecule has 0 fully saturated rings. The summed E-state index contributed by atoms with van der Waals surface area (Å²) in [5.41, 5.74) is 1.41. The molecule has 2 aromatic rings. The van der Waals surface area contributed by atoms with Crippen LogP contribution in [0.25, 0.3) is 0 Å². The van der Waals surface area contributed by atoms with Crippen LogP contribution in [-0.2, 0) is 11.3 Å². The molecule has 98 valence electrons. The lowest BCUT2D eigenvalue weighted by atomic mass is 10.2. The van der Waals surface area contributed by atoms with Gasteiger partial charge in [-0.2, -0.15) is 0 Å². The fourth-order valence-electron chi connectivity index (χ4n) is 1.59. The lowest BCUT2D eigenvalue weighted by molar-refractivity contribution is 0.0472. The second-order valence-electron chi connectivity index (χ2n) is 3.97. The van der Waals surface area contributed by atoms with E-state index in [1.807, 2.05) is 30.3 Å². The summed E-state index contributed by atoms with van der Waals surface area (Å²) < 4.78 is 10.3. The standard InChI is InChI=1S/C15H14O3S/c1-17-13-7-5-11(6-8-13)10-18-15(16)12-3-2-4-14(19)9-12/h2-9,19H,10H2,1H3. The summed E-state index contributed by atoms with van der Waals surface area (Å²) in [6.07, 6.45) is 0. The van der Waals surface area contributed by atoms with E-state index >= 15 is 0 Å². The van der Waals surface area contributed by atoms with Gasteiger partial charge in [0.15, 0.2) is 0 Å². The predicted octanol–water partition coefficient (Wildman–Crippen LogP) is 3.34. The van der Waals surface area contributed by atoms with Crippen LogP contribution < -0.4 is 4.74 Å². The van der Waals surface area contributed by atoms with Crippen LogP contribution in [0.5, 0.6) is 5.75 Å². The Labute approximate surface area is 117 Å². The van der Waals surface area contributed by atoms with Crippen molar-refractivity contribution in [2.24, 2.45) is 0 Å². The molecular formula is C15H14O3S. The van der Waals surface area contributed by atoms with E-state index in [4.69, 9.17) is 9.47 Å². The molecule has 0 spiro atoms. The zero-order valence-corrected chi connectivity index (χ0v) is 11.4. The molecule has 3 nitrogen and oxygen atoms in total. The van der Waals surface area contributed by atoms with Crippen LogP contribution in [0.3, 0.4) is 0 Å². The Morgan fingerprint density at radius 2 is 1.89 bits per heavy atom. The normalized spacial score (nSPS) is 10.0. The van der Waals surface area contributed by atoms with Crippen LogP contribution in [0.15, 0.2) is 53.4 Å². The molecule has 4 heteroatoms. The summed E-state index contributed by atoms with van der Waals surface area (Å²) in [6, 6.07) is 14.3. The minimum atomic E-state index is -0.355. The number of thiol groups is 1. The molecule has 0 unspecified atom stereocenters. The van der Waals surface area contributed by atoms with E-state index in [2.05, 4.69) is 12.6 Å². The van der Waals surface area contributed by atoms with Gasteiger partial charge >= 0.3 is 5.97 Å². The first-order valence-electron chi connectivity index (χ1n) is 5.78. The summed E-state index contributed by atoms with van der Waals surface area (Å²) in [6.45, 7) is 0.236. The number of rotatable bonds is 4. The summed E-state index contributed by atoms with van der Waals surface area (Å²) >= 11 is 4.19. The third-order valence-corrected chi connectivity index (χ3v) is 2.89. The van der Waals surface area contributed by atoms with Gasteiger partial charge in [0, 0.05) is 4.90 Å². The summed E-state index contributed by atoms with van der Waals surface area (Å²) in [5.74, 6) is 0.421. The van der Waals surface area contributed by atoms with Gasteiger partial charge in [-0.25, -0.2) is 4.79 Å². The quantitative estimate of drug-likeness (QED) is 0.686. The monoisotopic (exact) mass is 274 g/mol. The molecule has 2 rings (SSSR count). The summed E-state index contributed by atoms with van der Waals surface area (Å²) in [7, 11) is 1.61. The zero-order chi connectivity index (χ0) is 13.7. The molecule has 0 saturated carbocycles. The molecule has 0 aliphatic carbocycles. The van der Waals surface area contributed by atoms with Crippen LogP contribution in [0.4, 0.5) is 0 Å². The number of carbonyl (C=O) groups excluding carboxylic acids is 1. The maximum Gasteiger partial charge on any atom is 0.338 e. The van der Waals surface area contributed by atoms with Gasteiger partial charge in [-0.1, -0.05) is 18.2 Å². The van der Waals surface area contributed by atoms with E-state index in [1.54, 1.807) is 25.3 Å². The minimum Gasteiger partial charge on any atom is -0.497 e. The number of hydrogen-bond acceptors (Lipinski definition) is 4. The van der Waals surface area contributed by atoms with Crippen molar-refractivity contribution >= 4 is 18.6 Å². The van der Waals surface area contributed by atoms with E-state index in [1.165, 1.54) is 0 Å². The Morgan fingerprint density at radius 1 is 1.16 bits per heavy atom. The number of esters is 1. The van der Waals surface area contributed by atoms with Crippen molar-refractivity contribution in [2.75, 3.05) is 7.11 Å². The van der Waals surface area contributed by atoms with Gasteiger partial charge in [-0.3, -0.25) is 0 Å². The number of hydrogen-bond donors (Lipinski definition) is 1. The molecule has 0 saturated heterocycles. The van der Waals surface area contributed by atoms with Crippen LogP contribution in [0, 0.1) is 0 Å². The van der Waals surface area contributed by atoms with Crippen molar-refractivity contribution in [1.82, 2.24) is 0 Å². The smallest absolute Gasteiger partial charge is 0.338 e. The van der Waals surface area contributed by atoms with Crippen molar-refractivity contribution in [3.63, 3.8) is 0 Å². The van der Waals surface area contributed by atoms with Gasteiger partial charge < -0.3 is 9.47 Å².